The zero-order chi connectivity index (χ0) is 27.5. The minimum Gasteiger partial charge on any atom is -0.480 e. The number of benzene rings is 2. The van der Waals surface area contributed by atoms with Crippen molar-refractivity contribution in [1.29, 1.82) is 0 Å². The van der Waals surface area contributed by atoms with Crippen LogP contribution in [0, 0.1) is 0 Å². The number of carbonyl (C=O) groups is 4. The Morgan fingerprint density at radius 1 is 0.947 bits per heavy atom. The van der Waals surface area contributed by atoms with E-state index >= 15 is 0 Å². The van der Waals surface area contributed by atoms with Gasteiger partial charge in [-0.15, -0.1) is 0 Å². The average molecular weight is 540 g/mol. The Hall–Kier alpha value is -3.83. The molecule has 0 radical (unpaired) electrons. The number of aromatic amines is 1. The molecule has 3 atom stereocenters. The number of nitrogens with one attached hydrogen (secondary N) is 4. The van der Waals surface area contributed by atoms with Gasteiger partial charge in [-0.05, 0) is 42.0 Å². The van der Waals surface area contributed by atoms with Crippen molar-refractivity contribution in [2.45, 2.75) is 37.4 Å². The lowest BCUT2D eigenvalue weighted by atomic mass is 10.0. The molecule has 0 spiro atoms. The summed E-state index contributed by atoms with van der Waals surface area (Å²) in [6, 6.07) is 13.9. The third-order valence-electron chi connectivity index (χ3n) is 6.03. The van der Waals surface area contributed by atoms with Crippen LogP contribution in [0.3, 0.4) is 0 Å². The van der Waals surface area contributed by atoms with Crippen LogP contribution in [0.2, 0.25) is 0 Å². The highest BCUT2D eigenvalue weighted by atomic mass is 32.2. The number of thioether (sulfide) groups is 1. The molecule has 3 unspecified atom stereocenters. The lowest BCUT2D eigenvalue weighted by Crippen LogP contribution is -2.54. The van der Waals surface area contributed by atoms with Gasteiger partial charge in [-0.2, -0.15) is 11.8 Å². The Kier molecular flexibility index (Phi) is 10.7. The highest BCUT2D eigenvalue weighted by Gasteiger charge is 2.26. The maximum atomic E-state index is 13.0. The van der Waals surface area contributed by atoms with Crippen LogP contribution in [-0.4, -0.2) is 70.5 Å². The monoisotopic (exact) mass is 539 g/mol. The number of aliphatic carboxylic acids is 1. The summed E-state index contributed by atoms with van der Waals surface area (Å²) in [4.78, 5) is 52.9. The van der Waals surface area contributed by atoms with Gasteiger partial charge < -0.3 is 31.8 Å². The molecule has 0 bridgehead atoms. The summed E-state index contributed by atoms with van der Waals surface area (Å²) in [5, 5.41) is 17.9. The molecule has 38 heavy (non-hydrogen) atoms. The van der Waals surface area contributed by atoms with Gasteiger partial charge in [0.05, 0.1) is 12.6 Å². The van der Waals surface area contributed by atoms with Crippen LogP contribution in [-0.2, 0) is 32.0 Å². The predicted octanol–water partition coefficient (Wildman–Crippen LogP) is 1.20. The van der Waals surface area contributed by atoms with Crippen LogP contribution in [0.4, 0.5) is 0 Å². The molecule has 0 fully saturated rings. The van der Waals surface area contributed by atoms with Crippen molar-refractivity contribution in [2.24, 2.45) is 5.73 Å². The summed E-state index contributed by atoms with van der Waals surface area (Å²) < 4.78 is 0. The second-order valence-corrected chi connectivity index (χ2v) is 9.86. The van der Waals surface area contributed by atoms with Crippen LogP contribution in [0.1, 0.15) is 17.5 Å². The van der Waals surface area contributed by atoms with Gasteiger partial charge in [0.2, 0.25) is 17.7 Å². The van der Waals surface area contributed by atoms with Crippen molar-refractivity contribution in [3.05, 3.63) is 71.9 Å². The molecule has 3 amide bonds. The third-order valence-corrected chi connectivity index (χ3v) is 6.68. The van der Waals surface area contributed by atoms with Gasteiger partial charge in [0, 0.05) is 23.5 Å². The quantitative estimate of drug-likeness (QED) is 0.179. The van der Waals surface area contributed by atoms with E-state index in [2.05, 4.69) is 20.9 Å². The van der Waals surface area contributed by atoms with Gasteiger partial charge in [0.15, 0.2) is 0 Å². The largest absolute Gasteiger partial charge is 0.480 e. The van der Waals surface area contributed by atoms with Crippen molar-refractivity contribution < 1.29 is 24.3 Å². The van der Waals surface area contributed by atoms with Crippen molar-refractivity contribution in [2.75, 3.05) is 18.6 Å². The van der Waals surface area contributed by atoms with Gasteiger partial charge >= 0.3 is 5.97 Å². The van der Waals surface area contributed by atoms with Crippen molar-refractivity contribution in [1.82, 2.24) is 20.9 Å². The highest BCUT2D eigenvalue weighted by Crippen LogP contribution is 2.19. The van der Waals surface area contributed by atoms with E-state index in [1.807, 2.05) is 67.0 Å². The first-order valence-corrected chi connectivity index (χ1v) is 13.6. The molecule has 0 aliphatic rings. The van der Waals surface area contributed by atoms with E-state index in [0.717, 1.165) is 22.0 Å². The predicted molar refractivity (Wildman–Crippen MR) is 148 cm³/mol. The number of H-pyrrole nitrogens is 1. The fourth-order valence-corrected chi connectivity index (χ4v) is 4.47. The summed E-state index contributed by atoms with van der Waals surface area (Å²) in [5.41, 5.74) is 8.84. The Morgan fingerprint density at radius 2 is 1.66 bits per heavy atom. The van der Waals surface area contributed by atoms with Gasteiger partial charge in [0.1, 0.15) is 12.1 Å². The first-order chi connectivity index (χ1) is 18.3. The molecule has 10 nitrogen and oxygen atoms in total. The smallest absolute Gasteiger partial charge is 0.326 e. The van der Waals surface area contributed by atoms with E-state index in [0.29, 0.717) is 5.75 Å². The minimum atomic E-state index is -1.14. The van der Waals surface area contributed by atoms with Gasteiger partial charge in [-0.1, -0.05) is 48.5 Å². The number of amides is 3. The Balaban J connectivity index is 1.63. The van der Waals surface area contributed by atoms with Crippen LogP contribution in [0.15, 0.2) is 60.8 Å². The van der Waals surface area contributed by atoms with Crippen molar-refractivity contribution in [3.8, 4) is 0 Å². The van der Waals surface area contributed by atoms with E-state index in [9.17, 15) is 24.3 Å². The number of fused-ring (bicyclic) bond motifs is 1. The molecular weight excluding hydrogens is 506 g/mol. The zero-order valence-corrected chi connectivity index (χ0v) is 21.9. The van der Waals surface area contributed by atoms with Crippen molar-refractivity contribution >= 4 is 46.4 Å². The SMILES string of the molecule is CSCCC(NC(=O)CNC(=O)C(Cc1ccccc1)NC(=O)C(N)Cc1c[nH]c2ccccc12)C(=O)O. The Bertz CT molecular complexity index is 1250. The fourth-order valence-electron chi connectivity index (χ4n) is 4.00. The number of hydrogen-bond acceptors (Lipinski definition) is 6. The number of aromatic nitrogens is 1. The number of rotatable bonds is 14. The lowest BCUT2D eigenvalue weighted by molar-refractivity contribution is -0.141. The van der Waals surface area contributed by atoms with Crippen LogP contribution in [0.5, 0.6) is 0 Å². The van der Waals surface area contributed by atoms with Gasteiger partial charge in [-0.3, -0.25) is 14.4 Å². The number of carboxylic acid groups (broad SMARTS) is 1. The number of carboxylic acids is 1. The summed E-state index contributed by atoms with van der Waals surface area (Å²) >= 11 is 1.47. The maximum Gasteiger partial charge on any atom is 0.326 e. The summed E-state index contributed by atoms with van der Waals surface area (Å²) in [6.45, 7) is -0.426. The molecule has 0 aliphatic carbocycles. The first kappa shape index (κ1) is 28.7. The molecule has 1 aromatic heterocycles. The van der Waals surface area contributed by atoms with Crippen LogP contribution >= 0.6 is 11.8 Å². The van der Waals surface area contributed by atoms with E-state index in [-0.39, 0.29) is 19.3 Å². The van der Waals surface area contributed by atoms with Crippen LogP contribution < -0.4 is 21.7 Å². The van der Waals surface area contributed by atoms with E-state index in [1.165, 1.54) is 11.8 Å². The van der Waals surface area contributed by atoms with Gasteiger partial charge in [-0.25, -0.2) is 4.79 Å². The summed E-state index contributed by atoms with van der Waals surface area (Å²) in [7, 11) is 0. The van der Waals surface area contributed by atoms with E-state index in [4.69, 9.17) is 5.73 Å². The number of nitrogens with two attached hydrogens (primary N) is 1. The Morgan fingerprint density at radius 3 is 2.37 bits per heavy atom. The molecule has 3 rings (SSSR count). The second-order valence-electron chi connectivity index (χ2n) is 8.88. The number of hydrogen-bond donors (Lipinski definition) is 6. The maximum absolute atomic E-state index is 13.0. The molecule has 7 N–H and O–H groups in total. The molecule has 2 aromatic carbocycles. The molecule has 0 aliphatic heterocycles. The van der Waals surface area contributed by atoms with E-state index < -0.39 is 48.4 Å². The topological polar surface area (TPSA) is 166 Å². The fraction of sp³-hybridized carbons (Fsp3) is 0.333. The second kappa shape index (κ2) is 14.2. The van der Waals surface area contributed by atoms with Crippen molar-refractivity contribution in [3.63, 3.8) is 0 Å². The highest BCUT2D eigenvalue weighted by molar-refractivity contribution is 7.98. The molecule has 202 valence electrons. The standard InChI is InChI=1S/C27H33N5O5S/c1-38-12-11-22(27(36)37)31-24(33)16-30-26(35)23(13-17-7-3-2-4-8-17)32-25(34)20(28)14-18-15-29-21-10-6-5-9-19(18)21/h2-10,15,20,22-23,29H,11-14,16,28H2,1H3,(H,30,35)(H,31,33)(H,32,34)(H,36,37). The lowest BCUT2D eigenvalue weighted by Gasteiger charge is -2.21. The molecule has 0 saturated heterocycles. The minimum absolute atomic E-state index is 0.186. The average Bonchev–Trinajstić information content (AvgIpc) is 3.32. The summed E-state index contributed by atoms with van der Waals surface area (Å²) in [6.07, 6.45) is 4.37. The molecular formula is C27H33N5O5S. The molecule has 3 aromatic rings. The number of para-hydroxylation sites is 1. The van der Waals surface area contributed by atoms with Crippen LogP contribution in [0.25, 0.3) is 10.9 Å². The normalized spacial score (nSPS) is 13.3. The third kappa shape index (κ3) is 8.35. The van der Waals surface area contributed by atoms with E-state index in [1.54, 1.807) is 0 Å². The zero-order valence-electron chi connectivity index (χ0n) is 21.1. The molecule has 11 heteroatoms. The Labute approximate surface area is 225 Å². The molecule has 1 heterocycles. The summed E-state index contributed by atoms with van der Waals surface area (Å²) in [5.74, 6) is -2.29. The first-order valence-electron chi connectivity index (χ1n) is 12.2. The van der Waals surface area contributed by atoms with Gasteiger partial charge in [0.25, 0.3) is 0 Å². The number of carbonyl (C=O) groups excluding carboxylic acids is 3. The molecule has 0 saturated carbocycles.